The van der Waals surface area contributed by atoms with Crippen LogP contribution in [0.15, 0.2) is 29.6 Å². The van der Waals surface area contributed by atoms with Crippen molar-refractivity contribution in [1.82, 2.24) is 15.0 Å². The van der Waals surface area contributed by atoms with Crippen LogP contribution in [-0.4, -0.2) is 15.0 Å². The molecule has 0 bridgehead atoms. The molecule has 0 atom stereocenters. The van der Waals surface area contributed by atoms with Crippen LogP contribution in [0, 0.1) is 6.92 Å². The zero-order chi connectivity index (χ0) is 12.5. The number of fused-ring (bicyclic) bond motifs is 1. The average Bonchev–Trinajstić information content (AvgIpc) is 2.74. The van der Waals surface area contributed by atoms with Gasteiger partial charge in [0.25, 0.3) is 0 Å². The van der Waals surface area contributed by atoms with Crippen LogP contribution < -0.4 is 5.32 Å². The number of nitrogens with zero attached hydrogens (tertiary/aromatic N) is 3. The first-order valence-electron chi connectivity index (χ1n) is 5.34. The second-order valence-electron chi connectivity index (χ2n) is 3.78. The second kappa shape index (κ2) is 4.51. The Bertz CT molecular complexity index is 710. The van der Waals surface area contributed by atoms with E-state index < -0.39 is 0 Å². The molecule has 0 aliphatic carbocycles. The Labute approximate surface area is 113 Å². The van der Waals surface area contributed by atoms with E-state index in [0.717, 1.165) is 21.7 Å². The molecule has 0 radical (unpaired) electrons. The first-order chi connectivity index (χ1) is 8.72. The van der Waals surface area contributed by atoms with Crippen molar-refractivity contribution in [3.05, 3.63) is 40.6 Å². The molecular weight excluding hydrogens is 268 g/mol. The van der Waals surface area contributed by atoms with Gasteiger partial charge in [-0.25, -0.2) is 9.97 Å². The third kappa shape index (κ3) is 2.14. The van der Waals surface area contributed by atoms with Gasteiger partial charge in [0.15, 0.2) is 5.13 Å². The molecule has 90 valence electrons. The number of nitrogens with one attached hydrogen (secondary N) is 1. The Balaban J connectivity index is 2.10. The molecule has 3 rings (SSSR count). The summed E-state index contributed by atoms with van der Waals surface area (Å²) in [6.45, 7) is 1.95. The van der Waals surface area contributed by atoms with Crippen molar-refractivity contribution in [2.24, 2.45) is 0 Å². The van der Waals surface area contributed by atoms with Crippen LogP contribution in [0.4, 0.5) is 10.9 Å². The van der Waals surface area contributed by atoms with Gasteiger partial charge in [0.2, 0.25) is 5.28 Å². The maximum Gasteiger partial charge on any atom is 0.224 e. The summed E-state index contributed by atoms with van der Waals surface area (Å²) in [7, 11) is 0. The summed E-state index contributed by atoms with van der Waals surface area (Å²) < 4.78 is 0. The molecule has 0 saturated carbocycles. The molecule has 0 fully saturated rings. The van der Waals surface area contributed by atoms with E-state index >= 15 is 0 Å². The van der Waals surface area contributed by atoms with Gasteiger partial charge in [0.05, 0.1) is 11.2 Å². The number of aryl methyl sites for hydroxylation is 1. The Kier molecular flexibility index (Phi) is 2.85. The number of rotatable bonds is 2. The fourth-order valence-corrected chi connectivity index (χ4v) is 2.52. The van der Waals surface area contributed by atoms with Gasteiger partial charge < -0.3 is 5.32 Å². The molecule has 6 heteroatoms. The van der Waals surface area contributed by atoms with Crippen LogP contribution >= 0.6 is 22.9 Å². The minimum Gasteiger partial charge on any atom is -0.316 e. The fourth-order valence-electron chi connectivity index (χ4n) is 1.66. The zero-order valence-electron chi connectivity index (χ0n) is 9.51. The van der Waals surface area contributed by atoms with Gasteiger partial charge >= 0.3 is 0 Å². The first kappa shape index (κ1) is 11.4. The number of aromatic nitrogens is 3. The van der Waals surface area contributed by atoms with Gasteiger partial charge in [-0.05, 0) is 30.7 Å². The highest BCUT2D eigenvalue weighted by atomic mass is 35.5. The second-order valence-corrected chi connectivity index (χ2v) is 4.97. The summed E-state index contributed by atoms with van der Waals surface area (Å²) in [6.07, 6.45) is 0. The Morgan fingerprint density at radius 2 is 2.00 bits per heavy atom. The van der Waals surface area contributed by atoms with Crippen LogP contribution in [0.25, 0.3) is 10.9 Å². The zero-order valence-corrected chi connectivity index (χ0v) is 11.1. The number of para-hydroxylation sites is 1. The number of benzene rings is 1. The summed E-state index contributed by atoms with van der Waals surface area (Å²) in [4.78, 5) is 12.7. The van der Waals surface area contributed by atoms with Crippen LogP contribution in [0.3, 0.4) is 0 Å². The monoisotopic (exact) mass is 276 g/mol. The minimum atomic E-state index is 0.226. The van der Waals surface area contributed by atoms with E-state index in [-0.39, 0.29) is 5.28 Å². The lowest BCUT2D eigenvalue weighted by molar-refractivity contribution is 1.20. The Hall–Kier alpha value is -1.72. The maximum atomic E-state index is 5.92. The minimum absolute atomic E-state index is 0.226. The number of thiazole rings is 1. The summed E-state index contributed by atoms with van der Waals surface area (Å²) in [5, 5.41) is 7.11. The predicted octanol–water partition coefficient (Wildman–Crippen LogP) is 3.79. The molecule has 0 amide bonds. The standard InChI is InChI=1S/C12H9ClN4S/c1-7-6-18-12(14-7)17-10-8-4-2-3-5-9(8)15-11(13)16-10/h2-6H,1H3,(H,14,15,16,17). The Morgan fingerprint density at radius 3 is 2.78 bits per heavy atom. The maximum absolute atomic E-state index is 5.92. The molecule has 0 spiro atoms. The fraction of sp³-hybridized carbons (Fsp3) is 0.0833. The van der Waals surface area contributed by atoms with E-state index in [4.69, 9.17) is 11.6 Å². The van der Waals surface area contributed by atoms with Crippen LogP contribution in [0.2, 0.25) is 5.28 Å². The summed E-state index contributed by atoms with van der Waals surface area (Å²) in [6, 6.07) is 7.72. The van der Waals surface area contributed by atoms with Gasteiger partial charge in [-0.1, -0.05) is 12.1 Å². The lowest BCUT2D eigenvalue weighted by Crippen LogP contribution is -1.96. The van der Waals surface area contributed by atoms with Gasteiger partial charge in [-0.2, -0.15) is 4.98 Å². The highest BCUT2D eigenvalue weighted by Gasteiger charge is 2.07. The van der Waals surface area contributed by atoms with E-state index in [0.29, 0.717) is 5.82 Å². The largest absolute Gasteiger partial charge is 0.316 e. The molecule has 0 saturated heterocycles. The van der Waals surface area contributed by atoms with Crippen LogP contribution in [0.1, 0.15) is 5.69 Å². The molecule has 18 heavy (non-hydrogen) atoms. The van der Waals surface area contributed by atoms with Crippen LogP contribution in [0.5, 0.6) is 0 Å². The number of halogens is 1. The molecule has 1 N–H and O–H groups in total. The summed E-state index contributed by atoms with van der Waals surface area (Å²) in [5.41, 5.74) is 1.79. The SMILES string of the molecule is Cc1csc(Nc2nc(Cl)nc3ccccc23)n1. The third-order valence-electron chi connectivity index (χ3n) is 2.42. The smallest absolute Gasteiger partial charge is 0.224 e. The van der Waals surface area contributed by atoms with E-state index in [1.54, 1.807) is 0 Å². The highest BCUT2D eigenvalue weighted by molar-refractivity contribution is 7.13. The van der Waals surface area contributed by atoms with E-state index in [9.17, 15) is 0 Å². The molecular formula is C12H9ClN4S. The lowest BCUT2D eigenvalue weighted by Gasteiger charge is -2.06. The van der Waals surface area contributed by atoms with Crippen LogP contribution in [-0.2, 0) is 0 Å². The third-order valence-corrected chi connectivity index (χ3v) is 3.46. The van der Waals surface area contributed by atoms with Gasteiger partial charge in [0, 0.05) is 10.8 Å². The summed E-state index contributed by atoms with van der Waals surface area (Å²) >= 11 is 7.45. The molecule has 3 aromatic rings. The van der Waals surface area contributed by atoms with E-state index in [1.165, 1.54) is 11.3 Å². The normalized spacial score (nSPS) is 10.8. The molecule has 4 nitrogen and oxygen atoms in total. The van der Waals surface area contributed by atoms with Crippen molar-refractivity contribution in [2.75, 3.05) is 5.32 Å². The predicted molar refractivity (Wildman–Crippen MR) is 74.7 cm³/mol. The topological polar surface area (TPSA) is 50.7 Å². The molecule has 2 heterocycles. The van der Waals surface area contributed by atoms with E-state index in [1.807, 2.05) is 36.6 Å². The first-order valence-corrected chi connectivity index (χ1v) is 6.59. The van der Waals surface area contributed by atoms with Crippen molar-refractivity contribution in [2.45, 2.75) is 6.92 Å². The van der Waals surface area contributed by atoms with Crippen molar-refractivity contribution in [1.29, 1.82) is 0 Å². The van der Waals surface area contributed by atoms with Crippen molar-refractivity contribution >= 4 is 44.8 Å². The molecule has 2 aromatic heterocycles. The van der Waals surface area contributed by atoms with Crippen molar-refractivity contribution in [3.8, 4) is 0 Å². The molecule has 1 aromatic carbocycles. The van der Waals surface area contributed by atoms with E-state index in [2.05, 4.69) is 20.3 Å². The molecule has 0 unspecified atom stereocenters. The quantitative estimate of drug-likeness (QED) is 0.724. The van der Waals surface area contributed by atoms with Crippen molar-refractivity contribution in [3.63, 3.8) is 0 Å². The van der Waals surface area contributed by atoms with Gasteiger partial charge in [-0.3, -0.25) is 0 Å². The lowest BCUT2D eigenvalue weighted by atomic mass is 10.2. The number of hydrogen-bond acceptors (Lipinski definition) is 5. The molecule has 0 aliphatic heterocycles. The van der Waals surface area contributed by atoms with Gasteiger partial charge in [0.1, 0.15) is 5.82 Å². The van der Waals surface area contributed by atoms with Crippen molar-refractivity contribution < 1.29 is 0 Å². The summed E-state index contributed by atoms with van der Waals surface area (Å²) in [5.74, 6) is 0.681. The number of anilines is 2. The van der Waals surface area contributed by atoms with Gasteiger partial charge in [-0.15, -0.1) is 11.3 Å². The highest BCUT2D eigenvalue weighted by Crippen LogP contribution is 2.26. The Morgan fingerprint density at radius 1 is 1.17 bits per heavy atom. The number of hydrogen-bond donors (Lipinski definition) is 1. The molecule has 0 aliphatic rings. The average molecular weight is 277 g/mol.